The molecule has 39 heavy (non-hydrogen) atoms. The highest BCUT2D eigenvalue weighted by atomic mass is 32.2. The molecule has 1 atom stereocenters. The van der Waals surface area contributed by atoms with E-state index in [-0.39, 0.29) is 35.0 Å². The molecule has 2 aromatic carbocycles. The average Bonchev–Trinajstić information content (AvgIpc) is 3.30. The Bertz CT molecular complexity index is 1270. The van der Waals surface area contributed by atoms with E-state index in [0.717, 1.165) is 12.8 Å². The van der Waals surface area contributed by atoms with Crippen LogP contribution < -0.4 is 5.32 Å². The maximum atomic E-state index is 12.6. The Morgan fingerprint density at radius 2 is 1.56 bits per heavy atom. The van der Waals surface area contributed by atoms with E-state index in [1.165, 1.54) is 48.9 Å². The molecule has 0 bridgehead atoms. The number of nitrogens with one attached hydrogen (secondary N) is 1. The van der Waals surface area contributed by atoms with Gasteiger partial charge in [0.25, 0.3) is 5.91 Å². The van der Waals surface area contributed by atoms with Gasteiger partial charge >= 0.3 is 5.97 Å². The Morgan fingerprint density at radius 1 is 0.949 bits per heavy atom. The highest BCUT2D eigenvalue weighted by Gasteiger charge is 2.22. The van der Waals surface area contributed by atoms with Crippen molar-refractivity contribution in [2.45, 2.75) is 90.2 Å². The molecule has 2 N–H and O–H groups in total. The second-order valence-corrected chi connectivity index (χ2v) is 15.0. The molecule has 0 aliphatic carbocycles. The summed E-state index contributed by atoms with van der Waals surface area (Å²) in [6.45, 7) is 18.0. The SMILES string of the molecule is Cc1cc(S[C@H](CCC(C)(C)C)c2ccc(C(=O)NCCC(=O)O)s2)cc(C)c1-c1ccc(C(C)(C)C)cc1. The van der Waals surface area contributed by atoms with Gasteiger partial charge in [-0.2, -0.15) is 0 Å². The minimum absolute atomic E-state index is 0.0799. The third-order valence-corrected chi connectivity index (χ3v) is 9.40. The summed E-state index contributed by atoms with van der Waals surface area (Å²) >= 11 is 3.38. The van der Waals surface area contributed by atoms with Crippen LogP contribution in [0.1, 0.15) is 97.3 Å². The first-order valence-corrected chi connectivity index (χ1v) is 15.3. The fourth-order valence-corrected chi connectivity index (χ4v) is 7.07. The number of carbonyl (C=O) groups excluding carboxylic acids is 1. The molecule has 210 valence electrons. The lowest BCUT2D eigenvalue weighted by Crippen LogP contribution is -2.25. The van der Waals surface area contributed by atoms with Crippen molar-refractivity contribution >= 4 is 35.0 Å². The van der Waals surface area contributed by atoms with Crippen molar-refractivity contribution in [3.05, 3.63) is 75.0 Å². The number of hydrogen-bond donors (Lipinski definition) is 2. The Labute approximate surface area is 242 Å². The van der Waals surface area contributed by atoms with Crippen LogP contribution in [0.25, 0.3) is 11.1 Å². The molecule has 0 saturated heterocycles. The Hall–Kier alpha value is -2.57. The Balaban J connectivity index is 1.84. The number of carboxylic acids is 1. The van der Waals surface area contributed by atoms with Gasteiger partial charge in [0.15, 0.2) is 0 Å². The average molecular weight is 566 g/mol. The topological polar surface area (TPSA) is 66.4 Å². The van der Waals surface area contributed by atoms with E-state index < -0.39 is 5.97 Å². The lowest BCUT2D eigenvalue weighted by atomic mass is 9.85. The second-order valence-electron chi connectivity index (χ2n) is 12.6. The maximum Gasteiger partial charge on any atom is 0.305 e. The standard InChI is InChI=1S/C33H43NO3S2/c1-21-19-25(20-22(2)30(21)23-9-11-24(12-10-23)33(6,7)8)38-27(15-17-32(3,4)5)26-13-14-28(39-26)31(37)34-18-16-29(35)36/h9-14,19-20,27H,15-18H2,1-8H3,(H,34,37)(H,35,36)/t27-/m1/s1. The zero-order chi connectivity index (χ0) is 29.0. The van der Waals surface area contributed by atoms with Gasteiger partial charge in [0.1, 0.15) is 0 Å². The number of carbonyl (C=O) groups is 2. The Morgan fingerprint density at radius 3 is 2.10 bits per heavy atom. The van der Waals surface area contributed by atoms with Crippen molar-refractivity contribution < 1.29 is 14.7 Å². The number of amides is 1. The molecule has 1 amide bonds. The lowest BCUT2D eigenvalue weighted by molar-refractivity contribution is -0.136. The molecule has 6 heteroatoms. The number of carboxylic acid groups (broad SMARTS) is 1. The van der Waals surface area contributed by atoms with Gasteiger partial charge in [-0.1, -0.05) is 65.8 Å². The molecular formula is C33H43NO3S2. The number of rotatable bonds is 10. The first-order valence-electron chi connectivity index (χ1n) is 13.6. The van der Waals surface area contributed by atoms with E-state index in [1.807, 2.05) is 17.8 Å². The quantitative estimate of drug-likeness (QED) is 0.241. The van der Waals surface area contributed by atoms with Crippen LogP contribution in [-0.2, 0) is 10.2 Å². The molecule has 1 aromatic heterocycles. The van der Waals surface area contributed by atoms with Crippen LogP contribution in [0.2, 0.25) is 0 Å². The molecular weight excluding hydrogens is 523 g/mol. The van der Waals surface area contributed by atoms with Crippen LogP contribution in [0.4, 0.5) is 0 Å². The molecule has 4 nitrogen and oxygen atoms in total. The van der Waals surface area contributed by atoms with E-state index in [2.05, 4.69) is 103 Å². The van der Waals surface area contributed by atoms with Crippen molar-refractivity contribution in [2.75, 3.05) is 6.54 Å². The minimum Gasteiger partial charge on any atom is -0.481 e. The van der Waals surface area contributed by atoms with Crippen molar-refractivity contribution in [1.82, 2.24) is 5.32 Å². The number of thioether (sulfide) groups is 1. The van der Waals surface area contributed by atoms with Crippen molar-refractivity contribution in [2.24, 2.45) is 5.41 Å². The summed E-state index contributed by atoms with van der Waals surface area (Å²) in [4.78, 5) is 26.4. The number of hydrogen-bond acceptors (Lipinski definition) is 4. The van der Waals surface area contributed by atoms with E-state index >= 15 is 0 Å². The molecule has 3 aromatic rings. The molecule has 0 unspecified atom stereocenters. The zero-order valence-electron chi connectivity index (χ0n) is 24.6. The predicted molar refractivity (Wildman–Crippen MR) is 166 cm³/mol. The third-order valence-electron chi connectivity index (χ3n) is 6.77. The lowest BCUT2D eigenvalue weighted by Gasteiger charge is -2.23. The molecule has 0 radical (unpaired) electrons. The second kappa shape index (κ2) is 12.7. The molecule has 0 aliphatic rings. The van der Waals surface area contributed by atoms with Crippen LogP contribution in [-0.4, -0.2) is 23.5 Å². The third kappa shape index (κ3) is 8.97. The van der Waals surface area contributed by atoms with Crippen LogP contribution >= 0.6 is 23.1 Å². The van der Waals surface area contributed by atoms with Crippen LogP contribution in [0.5, 0.6) is 0 Å². The van der Waals surface area contributed by atoms with E-state index in [9.17, 15) is 9.59 Å². The molecule has 1 heterocycles. The van der Waals surface area contributed by atoms with Crippen LogP contribution in [0, 0.1) is 19.3 Å². The summed E-state index contributed by atoms with van der Waals surface area (Å²) in [6, 6.07) is 17.5. The largest absolute Gasteiger partial charge is 0.481 e. The van der Waals surface area contributed by atoms with E-state index in [4.69, 9.17) is 5.11 Å². The smallest absolute Gasteiger partial charge is 0.305 e. The van der Waals surface area contributed by atoms with Gasteiger partial charge in [-0.15, -0.1) is 23.1 Å². The summed E-state index contributed by atoms with van der Waals surface area (Å²) in [5.41, 5.74) is 6.74. The number of aryl methyl sites for hydroxylation is 2. The van der Waals surface area contributed by atoms with Gasteiger partial charge < -0.3 is 10.4 Å². The van der Waals surface area contributed by atoms with Gasteiger partial charge in [0, 0.05) is 21.6 Å². The summed E-state index contributed by atoms with van der Waals surface area (Å²) in [6.07, 6.45) is 1.99. The maximum absolute atomic E-state index is 12.6. The van der Waals surface area contributed by atoms with Crippen molar-refractivity contribution in [1.29, 1.82) is 0 Å². The molecule has 0 aliphatic heterocycles. The molecule has 3 rings (SSSR count). The monoisotopic (exact) mass is 565 g/mol. The normalized spacial score (nSPS) is 12.8. The fourth-order valence-electron chi connectivity index (χ4n) is 4.59. The fraction of sp³-hybridized carbons (Fsp3) is 0.455. The first kappa shape index (κ1) is 31.0. The first-order chi connectivity index (χ1) is 18.1. The number of benzene rings is 2. The molecule has 0 saturated carbocycles. The van der Waals surface area contributed by atoms with Gasteiger partial charge in [-0.3, -0.25) is 9.59 Å². The summed E-state index contributed by atoms with van der Waals surface area (Å²) in [5.74, 6) is -1.13. The van der Waals surface area contributed by atoms with Gasteiger partial charge in [0.2, 0.25) is 0 Å². The van der Waals surface area contributed by atoms with Crippen LogP contribution in [0.3, 0.4) is 0 Å². The van der Waals surface area contributed by atoms with Gasteiger partial charge in [-0.25, -0.2) is 0 Å². The number of thiophene rings is 1. The summed E-state index contributed by atoms with van der Waals surface area (Å²) in [5, 5.41) is 11.8. The highest BCUT2D eigenvalue weighted by Crippen LogP contribution is 2.45. The van der Waals surface area contributed by atoms with E-state index in [0.29, 0.717) is 4.88 Å². The Kier molecular flexibility index (Phi) is 10.1. The summed E-state index contributed by atoms with van der Waals surface area (Å²) in [7, 11) is 0. The van der Waals surface area contributed by atoms with Gasteiger partial charge in [0.05, 0.1) is 11.3 Å². The van der Waals surface area contributed by atoms with E-state index in [1.54, 1.807) is 0 Å². The predicted octanol–water partition coefficient (Wildman–Crippen LogP) is 9.19. The van der Waals surface area contributed by atoms with Crippen molar-refractivity contribution in [3.8, 4) is 11.1 Å². The molecule has 0 spiro atoms. The van der Waals surface area contributed by atoms with Crippen molar-refractivity contribution in [3.63, 3.8) is 0 Å². The highest BCUT2D eigenvalue weighted by molar-refractivity contribution is 7.99. The van der Waals surface area contributed by atoms with Gasteiger partial charge in [-0.05, 0) is 89.6 Å². The summed E-state index contributed by atoms with van der Waals surface area (Å²) < 4.78 is 0. The molecule has 0 fully saturated rings. The number of aliphatic carboxylic acids is 1. The van der Waals surface area contributed by atoms with Crippen LogP contribution in [0.15, 0.2) is 53.4 Å². The zero-order valence-corrected chi connectivity index (χ0v) is 26.2. The minimum atomic E-state index is -0.917.